The zero-order chi connectivity index (χ0) is 17.8. The van der Waals surface area contributed by atoms with Crippen LogP contribution < -0.4 is 20.5 Å². The van der Waals surface area contributed by atoms with Crippen LogP contribution in [-0.2, 0) is 13.0 Å². The number of hydrogen-bond acceptors (Lipinski definition) is 5. The third kappa shape index (κ3) is 4.11. The lowest BCUT2D eigenvalue weighted by molar-refractivity contribution is 0.264. The zero-order valence-corrected chi connectivity index (χ0v) is 15.6. The first kappa shape index (κ1) is 17.2. The van der Waals surface area contributed by atoms with Crippen LogP contribution in [0.25, 0.3) is 0 Å². The van der Waals surface area contributed by atoms with Gasteiger partial charge in [-0.3, -0.25) is 9.89 Å². The van der Waals surface area contributed by atoms with E-state index in [0.717, 1.165) is 49.7 Å². The maximum absolute atomic E-state index is 6.04. The van der Waals surface area contributed by atoms with Crippen molar-refractivity contribution in [2.75, 3.05) is 38.2 Å². The number of aliphatic imine (C=N–C) groups is 1. The molecule has 7 heteroatoms. The first-order valence-corrected chi connectivity index (χ1v) is 9.90. The molecular formula is C19H24N4O2S. The van der Waals surface area contributed by atoms with E-state index >= 15 is 0 Å². The minimum absolute atomic E-state index is 0.424. The smallest absolute Gasteiger partial charge is 0.193 e. The normalized spacial score (nSPS) is 17.5. The standard InChI is InChI=1S/C19H24N4O2S/c20-19(21-6-8-23-7-4-18-14(13-23)5-11-26-18)22-15-2-3-16-17(12-15)25-10-1-9-24-16/h2-3,5,11-12H,1,4,6-10,13H2,(H3,20,21,22). The molecule has 3 N–H and O–H groups in total. The highest BCUT2D eigenvalue weighted by atomic mass is 32.1. The molecule has 0 spiro atoms. The van der Waals surface area contributed by atoms with Crippen LogP contribution in [0.4, 0.5) is 5.69 Å². The number of hydrogen-bond donors (Lipinski definition) is 2. The van der Waals surface area contributed by atoms with Gasteiger partial charge in [-0.1, -0.05) is 0 Å². The number of nitrogens with two attached hydrogens (primary N) is 1. The number of guanidine groups is 1. The van der Waals surface area contributed by atoms with Crippen molar-refractivity contribution in [3.8, 4) is 11.5 Å². The second kappa shape index (κ2) is 7.97. The van der Waals surface area contributed by atoms with Crippen LogP contribution in [0.5, 0.6) is 11.5 Å². The van der Waals surface area contributed by atoms with Crippen LogP contribution >= 0.6 is 11.3 Å². The average molecular weight is 372 g/mol. The third-order valence-corrected chi connectivity index (χ3v) is 5.63. The van der Waals surface area contributed by atoms with E-state index in [1.807, 2.05) is 29.5 Å². The average Bonchev–Trinajstić information content (AvgIpc) is 2.98. The molecule has 4 rings (SSSR count). The van der Waals surface area contributed by atoms with E-state index in [2.05, 4.69) is 26.7 Å². The molecule has 2 aromatic rings. The molecule has 3 heterocycles. The summed E-state index contributed by atoms with van der Waals surface area (Å²) < 4.78 is 11.3. The zero-order valence-electron chi connectivity index (χ0n) is 14.7. The lowest BCUT2D eigenvalue weighted by atomic mass is 10.1. The predicted octanol–water partition coefficient (Wildman–Crippen LogP) is 2.69. The van der Waals surface area contributed by atoms with E-state index in [1.54, 1.807) is 0 Å². The minimum Gasteiger partial charge on any atom is -0.490 e. The van der Waals surface area contributed by atoms with E-state index in [0.29, 0.717) is 25.7 Å². The number of benzene rings is 1. The minimum atomic E-state index is 0.424. The number of anilines is 1. The van der Waals surface area contributed by atoms with Crippen molar-refractivity contribution < 1.29 is 9.47 Å². The first-order valence-electron chi connectivity index (χ1n) is 9.02. The molecule has 0 saturated carbocycles. The van der Waals surface area contributed by atoms with E-state index in [9.17, 15) is 0 Å². The molecule has 0 saturated heterocycles. The SMILES string of the molecule is NC(=NCCN1CCc2sccc2C1)Nc1ccc2c(c1)OCCCO2. The summed E-state index contributed by atoms with van der Waals surface area (Å²) in [6.07, 6.45) is 2.03. The lowest BCUT2D eigenvalue weighted by Gasteiger charge is -2.26. The molecule has 0 unspecified atom stereocenters. The fraction of sp³-hybridized carbons (Fsp3) is 0.421. The van der Waals surface area contributed by atoms with Gasteiger partial charge in [0.1, 0.15) is 0 Å². The molecule has 0 aliphatic carbocycles. The summed E-state index contributed by atoms with van der Waals surface area (Å²) in [5.41, 5.74) is 8.36. The second-order valence-electron chi connectivity index (χ2n) is 6.50. The van der Waals surface area contributed by atoms with E-state index in [-0.39, 0.29) is 0 Å². The molecule has 0 amide bonds. The van der Waals surface area contributed by atoms with Gasteiger partial charge in [-0.25, -0.2) is 0 Å². The van der Waals surface area contributed by atoms with E-state index in [4.69, 9.17) is 15.2 Å². The van der Waals surface area contributed by atoms with E-state index < -0.39 is 0 Å². The van der Waals surface area contributed by atoms with Crippen molar-refractivity contribution in [1.82, 2.24) is 4.90 Å². The maximum atomic E-state index is 6.04. The fourth-order valence-corrected chi connectivity index (χ4v) is 4.13. The monoisotopic (exact) mass is 372 g/mol. The van der Waals surface area contributed by atoms with Gasteiger partial charge in [0.15, 0.2) is 17.5 Å². The van der Waals surface area contributed by atoms with Crippen LogP contribution in [0.2, 0.25) is 0 Å². The number of fused-ring (bicyclic) bond motifs is 2. The van der Waals surface area contributed by atoms with Gasteiger partial charge < -0.3 is 20.5 Å². The van der Waals surface area contributed by atoms with Gasteiger partial charge >= 0.3 is 0 Å². The van der Waals surface area contributed by atoms with Gasteiger partial charge in [0.25, 0.3) is 0 Å². The Hall–Kier alpha value is -2.25. The Bertz CT molecular complexity index is 790. The highest BCUT2D eigenvalue weighted by Gasteiger charge is 2.16. The van der Waals surface area contributed by atoms with Crippen molar-refractivity contribution in [2.24, 2.45) is 10.7 Å². The summed E-state index contributed by atoms with van der Waals surface area (Å²) >= 11 is 1.87. The van der Waals surface area contributed by atoms with Crippen molar-refractivity contribution in [1.29, 1.82) is 0 Å². The maximum Gasteiger partial charge on any atom is 0.193 e. The van der Waals surface area contributed by atoms with Crippen molar-refractivity contribution >= 4 is 23.0 Å². The summed E-state index contributed by atoms with van der Waals surface area (Å²) in [6.45, 7) is 5.07. The molecule has 0 bridgehead atoms. The Morgan fingerprint density at radius 3 is 3.04 bits per heavy atom. The summed E-state index contributed by atoms with van der Waals surface area (Å²) in [5.74, 6) is 1.95. The summed E-state index contributed by atoms with van der Waals surface area (Å²) in [7, 11) is 0. The van der Waals surface area contributed by atoms with Gasteiger partial charge in [0.2, 0.25) is 0 Å². The first-order chi connectivity index (χ1) is 12.8. The Morgan fingerprint density at radius 2 is 2.12 bits per heavy atom. The number of thiophene rings is 1. The molecule has 0 atom stereocenters. The summed E-state index contributed by atoms with van der Waals surface area (Å²) in [5, 5.41) is 5.32. The fourth-order valence-electron chi connectivity index (χ4n) is 3.24. The van der Waals surface area contributed by atoms with E-state index in [1.165, 1.54) is 10.4 Å². The third-order valence-electron chi connectivity index (χ3n) is 4.61. The predicted molar refractivity (Wildman–Crippen MR) is 105 cm³/mol. The Kier molecular flexibility index (Phi) is 5.26. The highest BCUT2D eigenvalue weighted by Crippen LogP contribution is 2.32. The van der Waals surface area contributed by atoms with Crippen LogP contribution in [-0.4, -0.2) is 43.7 Å². The number of nitrogens with one attached hydrogen (secondary N) is 1. The van der Waals surface area contributed by atoms with Crippen molar-refractivity contribution in [3.05, 3.63) is 40.1 Å². The number of rotatable bonds is 4. The second-order valence-corrected chi connectivity index (χ2v) is 7.50. The molecule has 1 aromatic heterocycles. The Labute approximate surface area is 157 Å². The quantitative estimate of drug-likeness (QED) is 0.638. The molecule has 0 fully saturated rings. The molecular weight excluding hydrogens is 348 g/mol. The van der Waals surface area contributed by atoms with Crippen LogP contribution in [0, 0.1) is 0 Å². The Balaban J connectivity index is 1.29. The van der Waals surface area contributed by atoms with Gasteiger partial charge in [-0.2, -0.15) is 0 Å². The number of ether oxygens (including phenoxy) is 2. The van der Waals surface area contributed by atoms with Crippen LogP contribution in [0.15, 0.2) is 34.6 Å². The molecule has 2 aliphatic heterocycles. The Morgan fingerprint density at radius 1 is 1.23 bits per heavy atom. The van der Waals surface area contributed by atoms with Crippen molar-refractivity contribution in [2.45, 2.75) is 19.4 Å². The van der Waals surface area contributed by atoms with Gasteiger partial charge in [-0.05, 0) is 35.6 Å². The molecule has 1 aromatic carbocycles. The highest BCUT2D eigenvalue weighted by molar-refractivity contribution is 7.10. The van der Waals surface area contributed by atoms with Gasteiger partial charge in [0, 0.05) is 42.7 Å². The molecule has 2 aliphatic rings. The van der Waals surface area contributed by atoms with Crippen LogP contribution in [0.3, 0.4) is 0 Å². The molecule has 6 nitrogen and oxygen atoms in total. The lowest BCUT2D eigenvalue weighted by Crippen LogP contribution is -2.32. The van der Waals surface area contributed by atoms with Crippen molar-refractivity contribution in [3.63, 3.8) is 0 Å². The molecule has 26 heavy (non-hydrogen) atoms. The largest absolute Gasteiger partial charge is 0.490 e. The van der Waals surface area contributed by atoms with Crippen LogP contribution in [0.1, 0.15) is 16.9 Å². The topological polar surface area (TPSA) is 72.1 Å². The molecule has 138 valence electrons. The summed E-state index contributed by atoms with van der Waals surface area (Å²) in [4.78, 5) is 8.42. The summed E-state index contributed by atoms with van der Waals surface area (Å²) in [6, 6.07) is 7.97. The van der Waals surface area contributed by atoms with Gasteiger partial charge in [0.05, 0.1) is 19.8 Å². The molecule has 0 radical (unpaired) electrons. The van der Waals surface area contributed by atoms with Gasteiger partial charge in [-0.15, -0.1) is 11.3 Å². The number of nitrogens with zero attached hydrogens (tertiary/aromatic N) is 2.